The third kappa shape index (κ3) is 4.43. The van der Waals surface area contributed by atoms with Gasteiger partial charge in [0.05, 0.1) is 0 Å². The smallest absolute Gasteiger partial charge is 0.227 e. The van der Waals surface area contributed by atoms with Crippen molar-refractivity contribution in [1.29, 1.82) is 0 Å². The summed E-state index contributed by atoms with van der Waals surface area (Å²) in [6.07, 6.45) is 0.705. The van der Waals surface area contributed by atoms with Crippen LogP contribution in [0.25, 0.3) is 11.4 Å². The van der Waals surface area contributed by atoms with Crippen LogP contribution >= 0.6 is 11.6 Å². The summed E-state index contributed by atoms with van der Waals surface area (Å²) in [5.74, 6) is 0.923. The van der Waals surface area contributed by atoms with Gasteiger partial charge in [-0.05, 0) is 17.7 Å². The molecule has 0 aliphatic rings. The van der Waals surface area contributed by atoms with Crippen molar-refractivity contribution < 1.29 is 9.32 Å². The van der Waals surface area contributed by atoms with Crippen molar-refractivity contribution in [2.75, 3.05) is 0 Å². The minimum absolute atomic E-state index is 0.0654. The molecule has 0 fully saturated rings. The van der Waals surface area contributed by atoms with Crippen molar-refractivity contribution in [3.63, 3.8) is 0 Å². The molecule has 0 aliphatic heterocycles. The van der Waals surface area contributed by atoms with Crippen LogP contribution in [0.15, 0.2) is 59.1 Å². The van der Waals surface area contributed by atoms with Crippen molar-refractivity contribution in [3.8, 4) is 11.4 Å². The monoisotopic (exact) mass is 341 g/mol. The second-order valence-electron chi connectivity index (χ2n) is 5.28. The lowest BCUT2D eigenvalue weighted by molar-refractivity contribution is -0.121. The van der Waals surface area contributed by atoms with Crippen LogP contribution in [-0.2, 0) is 17.8 Å². The molecule has 0 aliphatic carbocycles. The fourth-order valence-corrected chi connectivity index (χ4v) is 2.30. The molecular weight excluding hydrogens is 326 g/mol. The number of hydrogen-bond acceptors (Lipinski definition) is 4. The molecule has 1 N–H and O–H groups in total. The summed E-state index contributed by atoms with van der Waals surface area (Å²) in [6.45, 7) is 0.467. The highest BCUT2D eigenvalue weighted by atomic mass is 35.5. The van der Waals surface area contributed by atoms with E-state index in [1.54, 1.807) is 12.1 Å². The normalized spacial score (nSPS) is 10.5. The Morgan fingerprint density at radius 2 is 1.83 bits per heavy atom. The lowest BCUT2D eigenvalue weighted by Crippen LogP contribution is -2.23. The van der Waals surface area contributed by atoms with Crippen LogP contribution in [0.2, 0.25) is 5.02 Å². The Morgan fingerprint density at radius 3 is 2.58 bits per heavy atom. The lowest BCUT2D eigenvalue weighted by atomic mass is 10.2. The number of halogens is 1. The topological polar surface area (TPSA) is 68.0 Å². The maximum Gasteiger partial charge on any atom is 0.227 e. The molecule has 24 heavy (non-hydrogen) atoms. The number of amides is 1. The SMILES string of the molecule is O=C(CCc1nc(-c2ccccc2)no1)NCc1ccc(Cl)cc1. The zero-order valence-electron chi connectivity index (χ0n) is 12.9. The number of aryl methyl sites for hydroxylation is 1. The summed E-state index contributed by atoms with van der Waals surface area (Å²) < 4.78 is 5.19. The van der Waals surface area contributed by atoms with E-state index < -0.39 is 0 Å². The van der Waals surface area contributed by atoms with E-state index in [0.29, 0.717) is 36.1 Å². The molecular formula is C18H16ClN3O2. The average molecular weight is 342 g/mol. The van der Waals surface area contributed by atoms with Crippen molar-refractivity contribution >= 4 is 17.5 Å². The van der Waals surface area contributed by atoms with Crippen LogP contribution in [0.1, 0.15) is 17.9 Å². The predicted molar refractivity (Wildman–Crippen MR) is 91.4 cm³/mol. The molecule has 3 rings (SSSR count). The van der Waals surface area contributed by atoms with Crippen LogP contribution in [0, 0.1) is 0 Å². The Morgan fingerprint density at radius 1 is 1.08 bits per heavy atom. The second kappa shape index (κ2) is 7.75. The molecule has 1 amide bonds. The minimum Gasteiger partial charge on any atom is -0.352 e. The molecule has 2 aromatic carbocycles. The van der Waals surface area contributed by atoms with Crippen molar-refractivity contribution in [2.45, 2.75) is 19.4 Å². The van der Waals surface area contributed by atoms with E-state index in [1.807, 2.05) is 42.5 Å². The van der Waals surface area contributed by atoms with Crippen LogP contribution in [0.4, 0.5) is 0 Å². The number of rotatable bonds is 6. The fourth-order valence-electron chi connectivity index (χ4n) is 2.17. The van der Waals surface area contributed by atoms with E-state index in [-0.39, 0.29) is 5.91 Å². The Bertz CT molecular complexity index is 801. The van der Waals surface area contributed by atoms with Gasteiger partial charge >= 0.3 is 0 Å². The van der Waals surface area contributed by atoms with Crippen molar-refractivity contribution in [3.05, 3.63) is 71.1 Å². The first kappa shape index (κ1) is 16.2. The van der Waals surface area contributed by atoms with Gasteiger partial charge in [-0.3, -0.25) is 4.79 Å². The molecule has 1 aromatic heterocycles. The molecule has 3 aromatic rings. The molecule has 6 heteroatoms. The van der Waals surface area contributed by atoms with Gasteiger partial charge in [0, 0.05) is 30.0 Å². The van der Waals surface area contributed by atoms with Gasteiger partial charge in [0.2, 0.25) is 17.6 Å². The lowest BCUT2D eigenvalue weighted by Gasteiger charge is -2.04. The molecule has 5 nitrogen and oxygen atoms in total. The molecule has 0 bridgehead atoms. The van der Waals surface area contributed by atoms with Gasteiger partial charge < -0.3 is 9.84 Å². The van der Waals surface area contributed by atoms with Gasteiger partial charge in [0.25, 0.3) is 0 Å². The van der Waals surface area contributed by atoms with Crippen LogP contribution in [-0.4, -0.2) is 16.0 Å². The third-order valence-corrected chi connectivity index (χ3v) is 3.72. The van der Waals surface area contributed by atoms with Gasteiger partial charge in [0.15, 0.2) is 0 Å². The van der Waals surface area contributed by atoms with Crippen LogP contribution in [0.5, 0.6) is 0 Å². The summed E-state index contributed by atoms with van der Waals surface area (Å²) in [7, 11) is 0. The quantitative estimate of drug-likeness (QED) is 0.743. The number of nitrogens with one attached hydrogen (secondary N) is 1. The molecule has 0 spiro atoms. The summed E-state index contributed by atoms with van der Waals surface area (Å²) in [5, 5.41) is 7.47. The highest BCUT2D eigenvalue weighted by Crippen LogP contribution is 2.15. The van der Waals surface area contributed by atoms with Crippen LogP contribution in [0.3, 0.4) is 0 Å². The Balaban J connectivity index is 1.48. The zero-order valence-corrected chi connectivity index (χ0v) is 13.7. The van der Waals surface area contributed by atoms with Gasteiger partial charge in [-0.2, -0.15) is 4.98 Å². The average Bonchev–Trinajstić information content (AvgIpc) is 3.09. The predicted octanol–water partition coefficient (Wildman–Crippen LogP) is 3.64. The molecule has 0 saturated heterocycles. The number of benzene rings is 2. The maximum atomic E-state index is 11.9. The van der Waals surface area contributed by atoms with E-state index in [0.717, 1.165) is 11.1 Å². The summed E-state index contributed by atoms with van der Waals surface area (Å²) in [6, 6.07) is 16.9. The fraction of sp³-hybridized carbons (Fsp3) is 0.167. The van der Waals surface area contributed by atoms with Gasteiger partial charge in [-0.15, -0.1) is 0 Å². The molecule has 0 saturated carbocycles. The van der Waals surface area contributed by atoms with Gasteiger partial charge in [-0.25, -0.2) is 0 Å². The van der Waals surface area contributed by atoms with Crippen molar-refractivity contribution in [1.82, 2.24) is 15.5 Å². The first-order chi connectivity index (χ1) is 11.7. The first-order valence-corrected chi connectivity index (χ1v) is 7.97. The number of nitrogens with zero attached hydrogens (tertiary/aromatic N) is 2. The van der Waals surface area contributed by atoms with Gasteiger partial charge in [0.1, 0.15) is 0 Å². The Labute approximate surface area is 144 Å². The second-order valence-corrected chi connectivity index (χ2v) is 5.72. The summed E-state index contributed by atoms with van der Waals surface area (Å²) >= 11 is 5.83. The summed E-state index contributed by atoms with van der Waals surface area (Å²) in [4.78, 5) is 16.2. The van der Waals surface area contributed by atoms with Crippen molar-refractivity contribution in [2.24, 2.45) is 0 Å². The van der Waals surface area contributed by atoms with E-state index in [1.165, 1.54) is 0 Å². The number of aromatic nitrogens is 2. The minimum atomic E-state index is -0.0654. The third-order valence-electron chi connectivity index (χ3n) is 3.47. The standard InChI is InChI=1S/C18H16ClN3O2/c19-15-8-6-13(7-9-15)12-20-16(23)10-11-17-21-18(22-24-17)14-4-2-1-3-5-14/h1-9H,10-12H2,(H,20,23). The summed E-state index contributed by atoms with van der Waals surface area (Å²) in [5.41, 5.74) is 1.89. The molecule has 122 valence electrons. The zero-order chi connectivity index (χ0) is 16.8. The Kier molecular flexibility index (Phi) is 5.23. The molecule has 1 heterocycles. The largest absolute Gasteiger partial charge is 0.352 e. The number of carbonyl (C=O) groups is 1. The molecule has 0 atom stereocenters. The van der Waals surface area contributed by atoms with Crippen LogP contribution < -0.4 is 5.32 Å². The number of carbonyl (C=O) groups excluding carboxylic acids is 1. The number of hydrogen-bond donors (Lipinski definition) is 1. The molecule has 0 radical (unpaired) electrons. The maximum absolute atomic E-state index is 11.9. The highest BCUT2D eigenvalue weighted by molar-refractivity contribution is 6.30. The van der Waals surface area contributed by atoms with E-state index in [4.69, 9.17) is 16.1 Å². The van der Waals surface area contributed by atoms with E-state index in [9.17, 15) is 4.79 Å². The first-order valence-electron chi connectivity index (χ1n) is 7.60. The van der Waals surface area contributed by atoms with E-state index >= 15 is 0 Å². The highest BCUT2D eigenvalue weighted by Gasteiger charge is 2.10. The molecule has 0 unspecified atom stereocenters. The van der Waals surface area contributed by atoms with Gasteiger partial charge in [-0.1, -0.05) is 59.2 Å². The Hall–Kier alpha value is -2.66. The van der Waals surface area contributed by atoms with E-state index in [2.05, 4.69) is 15.5 Å².